The number of para-hydroxylation sites is 2. The van der Waals surface area contributed by atoms with E-state index in [0.29, 0.717) is 16.4 Å². The van der Waals surface area contributed by atoms with E-state index in [1.54, 1.807) is 17.0 Å². The summed E-state index contributed by atoms with van der Waals surface area (Å²) in [5.74, 6) is -0.301. The van der Waals surface area contributed by atoms with Gasteiger partial charge < -0.3 is 4.90 Å². The monoisotopic (exact) mass is 464 g/mol. The molecule has 0 radical (unpaired) electrons. The molecule has 3 aromatic carbocycles. The van der Waals surface area contributed by atoms with Crippen LogP contribution in [-0.4, -0.2) is 22.8 Å². The van der Waals surface area contributed by atoms with E-state index in [-0.39, 0.29) is 18.1 Å². The van der Waals surface area contributed by atoms with Crippen molar-refractivity contribution < 1.29 is 9.59 Å². The van der Waals surface area contributed by atoms with Crippen molar-refractivity contribution in [1.82, 2.24) is 0 Å². The Labute approximate surface area is 182 Å². The van der Waals surface area contributed by atoms with Gasteiger partial charge in [-0.2, -0.15) is 0 Å². The van der Waals surface area contributed by atoms with Crippen molar-refractivity contribution in [3.8, 4) is 0 Å². The summed E-state index contributed by atoms with van der Waals surface area (Å²) in [6.07, 6.45) is 0.0405. The van der Waals surface area contributed by atoms with Crippen LogP contribution >= 0.6 is 28.1 Å². The molecule has 1 atom stereocenters. The Morgan fingerprint density at radius 1 is 0.862 bits per heavy atom. The summed E-state index contributed by atoms with van der Waals surface area (Å²) in [4.78, 5) is 29.6. The second-order valence-electron chi connectivity index (χ2n) is 6.65. The molecule has 0 spiro atoms. The minimum Gasteiger partial charge on any atom is -0.305 e. The topological polar surface area (TPSA) is 40.6 Å². The van der Waals surface area contributed by atoms with Crippen LogP contribution in [0.3, 0.4) is 0 Å². The molecule has 1 aliphatic heterocycles. The number of benzene rings is 3. The Morgan fingerprint density at radius 2 is 1.41 bits per heavy atom. The summed E-state index contributed by atoms with van der Waals surface area (Å²) >= 11 is 9.06. The van der Waals surface area contributed by atoms with Crippen molar-refractivity contribution >= 4 is 56.3 Å². The van der Waals surface area contributed by atoms with Gasteiger partial charge in [0, 0.05) is 22.1 Å². The van der Waals surface area contributed by atoms with Gasteiger partial charge in [0.2, 0.25) is 0 Å². The molecule has 1 aliphatic rings. The fourth-order valence-electron chi connectivity index (χ4n) is 3.40. The fourth-order valence-corrected chi connectivity index (χ4v) is 4.09. The second kappa shape index (κ2) is 8.27. The highest BCUT2D eigenvalue weighted by Gasteiger charge is 2.44. The lowest BCUT2D eigenvalue weighted by Gasteiger charge is -2.23. The lowest BCUT2D eigenvalue weighted by Crippen LogP contribution is -2.36. The number of carbonyl (C=O) groups is 2. The molecule has 4 nitrogen and oxygen atoms in total. The predicted octanol–water partition coefficient (Wildman–Crippen LogP) is 5.23. The van der Waals surface area contributed by atoms with E-state index in [2.05, 4.69) is 15.9 Å². The first-order chi connectivity index (χ1) is 14.1. The Kier molecular flexibility index (Phi) is 5.56. The van der Waals surface area contributed by atoms with Crippen LogP contribution in [0.25, 0.3) is 0 Å². The van der Waals surface area contributed by atoms with Gasteiger partial charge in [-0.05, 0) is 48.6 Å². The van der Waals surface area contributed by atoms with Gasteiger partial charge in [-0.1, -0.05) is 64.5 Å². The third-order valence-electron chi connectivity index (χ3n) is 4.81. The van der Waals surface area contributed by atoms with E-state index in [1.165, 1.54) is 4.90 Å². The number of anilines is 2. The first-order valence-electron chi connectivity index (χ1n) is 9.12. The number of thiocarbonyl (C=S) groups is 1. The molecule has 1 heterocycles. The Bertz CT molecular complexity index is 1060. The SMILES string of the molecule is O=C(CC1C(=O)N(c2ccccc2)C(=S)N1c1ccccc1)c1ccc(Br)cc1. The maximum absolute atomic E-state index is 13.4. The van der Waals surface area contributed by atoms with E-state index in [4.69, 9.17) is 12.2 Å². The van der Waals surface area contributed by atoms with Crippen LogP contribution in [0.1, 0.15) is 16.8 Å². The first-order valence-corrected chi connectivity index (χ1v) is 10.3. The zero-order chi connectivity index (χ0) is 20.4. The smallest absolute Gasteiger partial charge is 0.256 e. The number of carbonyl (C=O) groups excluding carboxylic acids is 2. The Hall–Kier alpha value is -2.83. The number of rotatable bonds is 5. The largest absolute Gasteiger partial charge is 0.305 e. The summed E-state index contributed by atoms with van der Waals surface area (Å²) in [6.45, 7) is 0. The molecule has 1 fully saturated rings. The van der Waals surface area contributed by atoms with E-state index in [1.807, 2.05) is 72.8 Å². The van der Waals surface area contributed by atoms with Gasteiger partial charge in [0.05, 0.1) is 5.69 Å². The van der Waals surface area contributed by atoms with Crippen LogP contribution < -0.4 is 9.80 Å². The number of halogens is 1. The maximum Gasteiger partial charge on any atom is 0.256 e. The maximum atomic E-state index is 13.4. The van der Waals surface area contributed by atoms with E-state index in [9.17, 15) is 9.59 Å². The molecule has 29 heavy (non-hydrogen) atoms. The van der Waals surface area contributed by atoms with Crippen LogP contribution in [-0.2, 0) is 4.79 Å². The first kappa shape index (κ1) is 19.5. The van der Waals surface area contributed by atoms with Crippen molar-refractivity contribution in [2.45, 2.75) is 12.5 Å². The summed E-state index contributed by atoms with van der Waals surface area (Å²) in [5.41, 5.74) is 2.05. The number of ketones is 1. The summed E-state index contributed by atoms with van der Waals surface area (Å²) in [7, 11) is 0. The molecule has 1 amide bonds. The number of hydrogen-bond donors (Lipinski definition) is 0. The van der Waals surface area contributed by atoms with E-state index >= 15 is 0 Å². The van der Waals surface area contributed by atoms with Crippen molar-refractivity contribution in [3.05, 3.63) is 95.0 Å². The molecule has 1 saturated heterocycles. The molecule has 4 rings (SSSR count). The molecule has 6 heteroatoms. The fraction of sp³-hybridized carbons (Fsp3) is 0.0870. The third-order valence-corrected chi connectivity index (χ3v) is 5.72. The zero-order valence-corrected chi connectivity index (χ0v) is 17.8. The van der Waals surface area contributed by atoms with Gasteiger partial charge >= 0.3 is 0 Å². The van der Waals surface area contributed by atoms with E-state index < -0.39 is 6.04 Å². The quantitative estimate of drug-likeness (QED) is 0.382. The molecule has 0 N–H and O–H groups in total. The molecular formula is C23H17BrN2O2S. The lowest BCUT2D eigenvalue weighted by molar-refractivity contribution is -0.117. The zero-order valence-electron chi connectivity index (χ0n) is 15.4. The normalized spacial score (nSPS) is 16.4. The number of Topliss-reactive ketones (excluding diaryl/α,β-unsaturated/α-hetero) is 1. The molecule has 3 aromatic rings. The molecule has 0 bridgehead atoms. The van der Waals surface area contributed by atoms with Gasteiger partial charge in [0.25, 0.3) is 5.91 Å². The van der Waals surface area contributed by atoms with Gasteiger partial charge in [0.15, 0.2) is 10.9 Å². The molecule has 0 aliphatic carbocycles. The third kappa shape index (κ3) is 3.86. The summed E-state index contributed by atoms with van der Waals surface area (Å²) in [6, 6.07) is 25.2. The summed E-state index contributed by atoms with van der Waals surface area (Å²) < 4.78 is 0.897. The minimum absolute atomic E-state index is 0.0405. The molecule has 144 valence electrons. The van der Waals surface area contributed by atoms with Crippen LogP contribution in [0.5, 0.6) is 0 Å². The number of amides is 1. The lowest BCUT2D eigenvalue weighted by atomic mass is 10.0. The van der Waals surface area contributed by atoms with Gasteiger partial charge in [-0.25, -0.2) is 0 Å². The van der Waals surface area contributed by atoms with Crippen LogP contribution in [0.15, 0.2) is 89.4 Å². The Balaban J connectivity index is 1.70. The molecule has 1 unspecified atom stereocenters. The van der Waals surface area contributed by atoms with Gasteiger partial charge in [0.1, 0.15) is 6.04 Å². The minimum atomic E-state index is -0.693. The van der Waals surface area contributed by atoms with Gasteiger partial charge in [-0.3, -0.25) is 14.5 Å². The Morgan fingerprint density at radius 3 is 2.00 bits per heavy atom. The molecular weight excluding hydrogens is 448 g/mol. The average molecular weight is 465 g/mol. The van der Waals surface area contributed by atoms with Crippen molar-refractivity contribution in [3.63, 3.8) is 0 Å². The standard InChI is InChI=1S/C23H17BrN2O2S/c24-17-13-11-16(12-14-17)21(27)15-20-22(28)26(19-9-5-2-6-10-19)23(29)25(20)18-7-3-1-4-8-18/h1-14,20H,15H2. The second-order valence-corrected chi connectivity index (χ2v) is 7.93. The highest BCUT2D eigenvalue weighted by Crippen LogP contribution is 2.32. The highest BCUT2D eigenvalue weighted by molar-refractivity contribution is 9.10. The van der Waals surface area contributed by atoms with Crippen molar-refractivity contribution in [1.29, 1.82) is 0 Å². The van der Waals surface area contributed by atoms with Gasteiger partial charge in [-0.15, -0.1) is 0 Å². The van der Waals surface area contributed by atoms with E-state index in [0.717, 1.165) is 10.2 Å². The van der Waals surface area contributed by atoms with Crippen LogP contribution in [0.2, 0.25) is 0 Å². The number of nitrogens with zero attached hydrogens (tertiary/aromatic N) is 2. The average Bonchev–Trinajstić information content (AvgIpc) is 2.99. The van der Waals surface area contributed by atoms with Crippen LogP contribution in [0.4, 0.5) is 11.4 Å². The summed E-state index contributed by atoms with van der Waals surface area (Å²) in [5, 5.41) is 0.376. The predicted molar refractivity (Wildman–Crippen MR) is 122 cm³/mol. The van der Waals surface area contributed by atoms with Crippen molar-refractivity contribution in [2.75, 3.05) is 9.80 Å². The van der Waals surface area contributed by atoms with Crippen molar-refractivity contribution in [2.24, 2.45) is 0 Å². The molecule has 0 aromatic heterocycles. The number of hydrogen-bond acceptors (Lipinski definition) is 3. The van der Waals surface area contributed by atoms with Crippen LogP contribution in [0, 0.1) is 0 Å². The molecule has 0 saturated carbocycles. The highest BCUT2D eigenvalue weighted by atomic mass is 79.9.